The van der Waals surface area contributed by atoms with Gasteiger partial charge in [0.2, 0.25) is 0 Å². The second-order valence-corrected chi connectivity index (χ2v) is 12.2. The van der Waals surface area contributed by atoms with E-state index in [1.165, 1.54) is 12.1 Å². The molecule has 1 aliphatic carbocycles. The maximum absolute atomic E-state index is 13.9. The van der Waals surface area contributed by atoms with Crippen LogP contribution in [0.15, 0.2) is 84.9 Å². The molecule has 0 atom stereocenters. The predicted molar refractivity (Wildman–Crippen MR) is 176 cm³/mol. The van der Waals surface area contributed by atoms with Gasteiger partial charge in [-0.2, -0.15) is 13.2 Å². The Kier molecular flexibility index (Phi) is 6.97. The first kappa shape index (κ1) is 30.5. The smallest absolute Gasteiger partial charge is 0.416 e. The molecule has 0 aromatic heterocycles. The van der Waals surface area contributed by atoms with Crippen LogP contribution in [0.4, 0.5) is 13.2 Å². The Balaban J connectivity index is 1.53. The normalized spacial score (nSPS) is 15.3. The van der Waals surface area contributed by atoms with E-state index in [4.69, 9.17) is 23.7 Å². The van der Waals surface area contributed by atoms with Crippen LogP contribution in [-0.4, -0.2) is 28.4 Å². The molecule has 5 aromatic carbocycles. The first-order valence-electron chi connectivity index (χ1n) is 15.1. The van der Waals surface area contributed by atoms with Gasteiger partial charge in [0, 0.05) is 27.5 Å². The van der Waals surface area contributed by atoms with Crippen LogP contribution in [-0.2, 0) is 17.2 Å². The third-order valence-corrected chi connectivity index (χ3v) is 9.49. The van der Waals surface area contributed by atoms with E-state index >= 15 is 0 Å². The average Bonchev–Trinajstić information content (AvgIpc) is 3.33. The summed E-state index contributed by atoms with van der Waals surface area (Å²) in [6.07, 6.45) is -0.425. The van der Waals surface area contributed by atoms with Crippen molar-refractivity contribution in [2.45, 2.75) is 31.0 Å². The highest BCUT2D eigenvalue weighted by Gasteiger charge is 2.45. The van der Waals surface area contributed by atoms with Crippen molar-refractivity contribution in [3.63, 3.8) is 0 Å². The van der Waals surface area contributed by atoms with Gasteiger partial charge in [-0.3, -0.25) is 0 Å². The molecule has 1 aliphatic heterocycles. The number of halogens is 3. The van der Waals surface area contributed by atoms with Crippen molar-refractivity contribution in [3.05, 3.63) is 118 Å². The lowest BCUT2D eigenvalue weighted by Gasteiger charge is -2.38. The van der Waals surface area contributed by atoms with Gasteiger partial charge >= 0.3 is 6.18 Å². The van der Waals surface area contributed by atoms with Crippen LogP contribution in [0.5, 0.6) is 28.7 Å². The van der Waals surface area contributed by atoms with Crippen LogP contribution in [0.2, 0.25) is 0 Å². The van der Waals surface area contributed by atoms with Crippen LogP contribution < -0.4 is 23.7 Å². The molecule has 5 aromatic rings. The number of hydrogen-bond donors (Lipinski definition) is 0. The Labute approximate surface area is 271 Å². The van der Waals surface area contributed by atoms with Gasteiger partial charge in [0.15, 0.2) is 28.6 Å². The Morgan fingerprint density at radius 2 is 1.23 bits per heavy atom. The van der Waals surface area contributed by atoms with E-state index in [0.29, 0.717) is 34.3 Å². The fourth-order valence-electron chi connectivity index (χ4n) is 7.22. The summed E-state index contributed by atoms with van der Waals surface area (Å²) in [7, 11) is 6.33. The summed E-state index contributed by atoms with van der Waals surface area (Å²) in [5, 5.41) is 1.75. The minimum Gasteiger partial charge on any atom is -0.493 e. The van der Waals surface area contributed by atoms with Crippen molar-refractivity contribution < 1.29 is 36.9 Å². The Morgan fingerprint density at radius 1 is 0.660 bits per heavy atom. The van der Waals surface area contributed by atoms with E-state index in [-0.39, 0.29) is 0 Å². The first-order chi connectivity index (χ1) is 22.5. The van der Waals surface area contributed by atoms with Crippen LogP contribution in [0.1, 0.15) is 47.2 Å². The lowest BCUT2D eigenvalue weighted by molar-refractivity contribution is -0.137. The number of hydrogen-bond acceptors (Lipinski definition) is 5. The van der Waals surface area contributed by atoms with Crippen LogP contribution in [0, 0.1) is 0 Å². The quantitative estimate of drug-likeness (QED) is 0.185. The zero-order valence-electron chi connectivity index (χ0n) is 26.8. The summed E-state index contributed by atoms with van der Waals surface area (Å²) in [5.41, 5.74) is 3.05. The van der Waals surface area contributed by atoms with Gasteiger partial charge in [-0.15, -0.1) is 0 Å². The first-order valence-corrected chi connectivity index (χ1v) is 15.1. The number of methoxy groups -OCH3 is 4. The number of rotatable bonds is 6. The predicted octanol–water partition coefficient (Wildman–Crippen LogP) is 9.55. The Bertz CT molecular complexity index is 2040. The van der Waals surface area contributed by atoms with E-state index in [2.05, 4.69) is 0 Å². The van der Waals surface area contributed by atoms with Gasteiger partial charge in [-0.25, -0.2) is 0 Å². The second kappa shape index (κ2) is 10.7. The molecule has 0 spiro atoms. The fraction of sp³-hybridized carbons (Fsp3) is 0.231. The molecule has 0 saturated carbocycles. The van der Waals surface area contributed by atoms with Crippen molar-refractivity contribution in [1.82, 2.24) is 0 Å². The summed E-state index contributed by atoms with van der Waals surface area (Å²) >= 11 is 0. The minimum absolute atomic E-state index is 0.531. The molecule has 5 nitrogen and oxygen atoms in total. The van der Waals surface area contributed by atoms with Crippen LogP contribution in [0.3, 0.4) is 0 Å². The molecule has 0 radical (unpaired) electrons. The van der Waals surface area contributed by atoms with E-state index in [1.54, 1.807) is 34.5 Å². The SMILES string of the molecule is COc1ccc(C2(c3ccc(OC)c(OC)c3)C=Cc3c4c(c5ccccc5c3O2)-c2ccc(C(F)(F)F)cc2C4(C)C)cc1OC. The van der Waals surface area contributed by atoms with E-state index in [1.807, 2.05) is 86.7 Å². The molecule has 0 bridgehead atoms. The van der Waals surface area contributed by atoms with Gasteiger partial charge in [-0.05, 0) is 70.1 Å². The molecule has 2 aliphatic rings. The van der Waals surface area contributed by atoms with Crippen molar-refractivity contribution in [2.75, 3.05) is 28.4 Å². The molecule has 1 heterocycles. The van der Waals surface area contributed by atoms with Crippen molar-refractivity contribution >= 4 is 16.8 Å². The number of alkyl halides is 3. The summed E-state index contributed by atoms with van der Waals surface area (Å²) < 4.78 is 71.5. The second-order valence-electron chi connectivity index (χ2n) is 12.2. The van der Waals surface area contributed by atoms with Gasteiger partial charge in [0.25, 0.3) is 0 Å². The molecular formula is C39H33F3O5. The topological polar surface area (TPSA) is 46.2 Å². The number of fused-ring (bicyclic) bond motifs is 8. The zero-order valence-corrected chi connectivity index (χ0v) is 26.8. The summed E-state index contributed by atoms with van der Waals surface area (Å²) in [4.78, 5) is 0. The van der Waals surface area contributed by atoms with E-state index < -0.39 is 22.8 Å². The van der Waals surface area contributed by atoms with Crippen molar-refractivity contribution in [2.24, 2.45) is 0 Å². The summed E-state index contributed by atoms with van der Waals surface area (Å²) in [6.45, 7) is 3.95. The highest BCUT2D eigenvalue weighted by Crippen LogP contribution is 2.59. The molecule has 47 heavy (non-hydrogen) atoms. The van der Waals surface area contributed by atoms with Crippen molar-refractivity contribution in [1.29, 1.82) is 0 Å². The van der Waals surface area contributed by atoms with Crippen LogP contribution in [0.25, 0.3) is 28.0 Å². The van der Waals surface area contributed by atoms with Crippen molar-refractivity contribution in [3.8, 4) is 39.9 Å². The Morgan fingerprint density at radius 3 is 1.79 bits per heavy atom. The van der Waals surface area contributed by atoms with Gasteiger partial charge in [0.05, 0.1) is 34.0 Å². The molecule has 0 fully saturated rings. The highest BCUT2D eigenvalue weighted by atomic mass is 19.4. The standard InChI is InChI=1S/C39H33F3O5/c1-37(2)29-19-24(39(40,41)42)11-14-27(29)34-25-9-7-8-10-26(25)36-28(35(34)37)17-18-38(47-36,22-12-15-30(43-3)32(20-22)45-5)23-13-16-31(44-4)33(21-23)46-6/h7-21H,1-6H3. The van der Waals surface area contributed by atoms with Gasteiger partial charge in [-0.1, -0.05) is 62.4 Å². The van der Waals surface area contributed by atoms with E-state index in [0.717, 1.165) is 44.2 Å². The lowest BCUT2D eigenvalue weighted by atomic mass is 9.76. The minimum atomic E-state index is -4.46. The average molecular weight is 639 g/mol. The molecule has 0 N–H and O–H groups in total. The number of ether oxygens (including phenoxy) is 5. The molecule has 7 rings (SSSR count). The molecule has 8 heteroatoms. The van der Waals surface area contributed by atoms with E-state index in [9.17, 15) is 13.2 Å². The monoisotopic (exact) mass is 638 g/mol. The summed E-state index contributed by atoms with van der Waals surface area (Å²) in [6, 6.07) is 23.3. The molecule has 0 amide bonds. The van der Waals surface area contributed by atoms with Gasteiger partial charge in [0.1, 0.15) is 5.75 Å². The van der Waals surface area contributed by atoms with Crippen LogP contribution >= 0.6 is 0 Å². The molecule has 0 unspecified atom stereocenters. The third kappa shape index (κ3) is 4.45. The lowest BCUT2D eigenvalue weighted by Crippen LogP contribution is -2.35. The zero-order chi connectivity index (χ0) is 33.3. The van der Waals surface area contributed by atoms with Gasteiger partial charge < -0.3 is 23.7 Å². The third-order valence-electron chi connectivity index (χ3n) is 9.49. The molecule has 240 valence electrons. The largest absolute Gasteiger partial charge is 0.493 e. The Hall–Kier alpha value is -5.11. The maximum Gasteiger partial charge on any atom is 0.416 e. The fourth-order valence-corrected chi connectivity index (χ4v) is 7.22. The number of benzene rings is 5. The highest BCUT2D eigenvalue weighted by molar-refractivity contribution is 6.08. The molecular weight excluding hydrogens is 605 g/mol. The maximum atomic E-state index is 13.9. The molecule has 0 saturated heterocycles. The summed E-state index contributed by atoms with van der Waals surface area (Å²) in [5.74, 6) is 2.83.